The van der Waals surface area contributed by atoms with Crippen molar-refractivity contribution in [2.24, 2.45) is 0 Å². The third-order valence-electron chi connectivity index (χ3n) is 2.47. The molecule has 96 valence electrons. The highest BCUT2D eigenvalue weighted by Crippen LogP contribution is 2.15. The number of nitriles is 2. The molecule has 2 rings (SSSR count). The van der Waals surface area contributed by atoms with Crippen LogP contribution in [-0.2, 0) is 4.79 Å². The minimum Gasteiger partial charge on any atom is -0.322 e. The number of rotatable bonds is 3. The Hall–Kier alpha value is -2.89. The summed E-state index contributed by atoms with van der Waals surface area (Å²) in [5.41, 5.74) is 1.02. The molecule has 4 nitrogen and oxygen atoms in total. The van der Waals surface area contributed by atoms with Crippen LogP contribution in [0.15, 0.2) is 41.8 Å². The van der Waals surface area contributed by atoms with E-state index < -0.39 is 0 Å². The van der Waals surface area contributed by atoms with E-state index in [0.717, 1.165) is 4.88 Å². The average molecular weight is 279 g/mol. The highest BCUT2D eigenvalue weighted by molar-refractivity contribution is 7.10. The van der Waals surface area contributed by atoms with Gasteiger partial charge >= 0.3 is 0 Å². The maximum absolute atomic E-state index is 11.7. The van der Waals surface area contributed by atoms with Crippen LogP contribution in [0.25, 0.3) is 6.08 Å². The van der Waals surface area contributed by atoms with Gasteiger partial charge in [0.2, 0.25) is 5.91 Å². The fourth-order valence-electron chi connectivity index (χ4n) is 1.54. The molecule has 0 spiro atoms. The van der Waals surface area contributed by atoms with Gasteiger partial charge in [-0.15, -0.1) is 11.3 Å². The third kappa shape index (κ3) is 3.32. The second-order valence-corrected chi connectivity index (χ2v) is 4.80. The number of benzene rings is 1. The Morgan fingerprint density at radius 1 is 1.20 bits per heavy atom. The molecular weight excluding hydrogens is 270 g/mol. The lowest BCUT2D eigenvalue weighted by Gasteiger charge is -2.03. The molecule has 1 N–H and O–H groups in total. The first-order valence-electron chi connectivity index (χ1n) is 5.70. The predicted molar refractivity (Wildman–Crippen MR) is 77.9 cm³/mol. The van der Waals surface area contributed by atoms with Gasteiger partial charge in [-0.05, 0) is 35.7 Å². The van der Waals surface area contributed by atoms with Crippen LogP contribution in [0, 0.1) is 22.7 Å². The van der Waals surface area contributed by atoms with Crippen molar-refractivity contribution in [3.8, 4) is 12.1 Å². The van der Waals surface area contributed by atoms with Crippen molar-refractivity contribution in [2.75, 3.05) is 5.32 Å². The quantitative estimate of drug-likeness (QED) is 0.877. The zero-order valence-electron chi connectivity index (χ0n) is 10.3. The number of hydrogen-bond donors (Lipinski definition) is 1. The molecule has 0 bridgehead atoms. The summed E-state index contributed by atoms with van der Waals surface area (Å²) in [5.74, 6) is -0.285. The minimum absolute atomic E-state index is 0.243. The van der Waals surface area contributed by atoms with E-state index in [1.807, 2.05) is 29.7 Å². The molecule has 1 aromatic heterocycles. The molecule has 0 saturated heterocycles. The molecule has 0 radical (unpaired) electrons. The molecular formula is C15H9N3OS. The smallest absolute Gasteiger partial charge is 0.248 e. The fourth-order valence-corrected chi connectivity index (χ4v) is 2.16. The summed E-state index contributed by atoms with van der Waals surface area (Å²) in [6, 6.07) is 12.2. The van der Waals surface area contributed by atoms with Crippen molar-refractivity contribution in [2.45, 2.75) is 0 Å². The van der Waals surface area contributed by atoms with E-state index in [9.17, 15) is 4.79 Å². The standard InChI is InChI=1S/C15H9N3OS/c16-9-11-3-4-13(8-12(11)10-17)18-15(19)6-5-14-2-1-7-20-14/h1-8H,(H,18,19)/b6-5+. The highest BCUT2D eigenvalue weighted by atomic mass is 32.1. The molecule has 2 aromatic rings. The van der Waals surface area contributed by atoms with Gasteiger partial charge in [0, 0.05) is 16.6 Å². The Balaban J connectivity index is 2.09. The molecule has 1 heterocycles. The number of nitrogens with zero attached hydrogens (tertiary/aromatic N) is 2. The predicted octanol–water partition coefficient (Wildman–Crippen LogP) is 3.14. The van der Waals surface area contributed by atoms with E-state index >= 15 is 0 Å². The minimum atomic E-state index is -0.285. The van der Waals surface area contributed by atoms with E-state index in [0.29, 0.717) is 11.3 Å². The second kappa shape index (κ2) is 6.33. The van der Waals surface area contributed by atoms with Crippen molar-refractivity contribution in [1.82, 2.24) is 0 Å². The van der Waals surface area contributed by atoms with Gasteiger partial charge in [-0.1, -0.05) is 6.07 Å². The number of amides is 1. The van der Waals surface area contributed by atoms with Gasteiger partial charge < -0.3 is 5.32 Å². The molecule has 20 heavy (non-hydrogen) atoms. The monoisotopic (exact) mass is 279 g/mol. The first-order valence-corrected chi connectivity index (χ1v) is 6.57. The maximum Gasteiger partial charge on any atom is 0.248 e. The fraction of sp³-hybridized carbons (Fsp3) is 0. The molecule has 0 saturated carbocycles. The molecule has 0 fully saturated rings. The van der Waals surface area contributed by atoms with Crippen LogP contribution in [0.5, 0.6) is 0 Å². The van der Waals surface area contributed by atoms with Crippen molar-refractivity contribution in [3.63, 3.8) is 0 Å². The lowest BCUT2D eigenvalue weighted by molar-refractivity contribution is -0.111. The van der Waals surface area contributed by atoms with E-state index in [2.05, 4.69) is 5.32 Å². The lowest BCUT2D eigenvalue weighted by Crippen LogP contribution is -2.07. The summed E-state index contributed by atoms with van der Waals surface area (Å²) in [7, 11) is 0. The molecule has 5 heteroatoms. The van der Waals surface area contributed by atoms with Crippen LogP contribution in [-0.4, -0.2) is 5.91 Å². The van der Waals surface area contributed by atoms with Gasteiger partial charge in [-0.3, -0.25) is 4.79 Å². The van der Waals surface area contributed by atoms with Crippen molar-refractivity contribution < 1.29 is 4.79 Å². The van der Waals surface area contributed by atoms with E-state index in [1.165, 1.54) is 29.5 Å². The summed E-state index contributed by atoms with van der Waals surface area (Å²) in [6.45, 7) is 0. The lowest BCUT2D eigenvalue weighted by atomic mass is 10.1. The van der Waals surface area contributed by atoms with Crippen LogP contribution in [0.4, 0.5) is 5.69 Å². The van der Waals surface area contributed by atoms with Gasteiger partial charge in [-0.2, -0.15) is 10.5 Å². The summed E-state index contributed by atoms with van der Waals surface area (Å²) in [6.07, 6.45) is 3.14. The Bertz CT molecular complexity index is 733. The van der Waals surface area contributed by atoms with E-state index in [4.69, 9.17) is 10.5 Å². The molecule has 0 atom stereocenters. The number of nitrogens with one attached hydrogen (secondary N) is 1. The molecule has 1 aromatic carbocycles. The van der Waals surface area contributed by atoms with Crippen molar-refractivity contribution >= 4 is 29.0 Å². The molecule has 0 unspecified atom stereocenters. The van der Waals surface area contributed by atoms with Crippen molar-refractivity contribution in [1.29, 1.82) is 10.5 Å². The van der Waals surface area contributed by atoms with Crippen LogP contribution in [0.3, 0.4) is 0 Å². The summed E-state index contributed by atoms with van der Waals surface area (Å²) < 4.78 is 0. The van der Waals surface area contributed by atoms with E-state index in [1.54, 1.807) is 12.1 Å². The largest absolute Gasteiger partial charge is 0.322 e. The number of carbonyl (C=O) groups excluding carboxylic acids is 1. The van der Waals surface area contributed by atoms with Gasteiger partial charge in [-0.25, -0.2) is 0 Å². The molecule has 0 aliphatic heterocycles. The van der Waals surface area contributed by atoms with Crippen LogP contribution >= 0.6 is 11.3 Å². The number of carbonyl (C=O) groups is 1. The second-order valence-electron chi connectivity index (χ2n) is 3.82. The van der Waals surface area contributed by atoms with Crippen LogP contribution in [0.1, 0.15) is 16.0 Å². The Morgan fingerprint density at radius 3 is 2.65 bits per heavy atom. The zero-order chi connectivity index (χ0) is 14.4. The van der Waals surface area contributed by atoms with Crippen LogP contribution < -0.4 is 5.32 Å². The third-order valence-corrected chi connectivity index (χ3v) is 3.31. The normalized spacial score (nSPS) is 9.90. The topological polar surface area (TPSA) is 76.7 Å². The molecule has 0 aliphatic rings. The summed E-state index contributed by atoms with van der Waals surface area (Å²) in [4.78, 5) is 12.7. The number of anilines is 1. The number of hydrogen-bond acceptors (Lipinski definition) is 4. The SMILES string of the molecule is N#Cc1ccc(NC(=O)/C=C/c2cccs2)cc1C#N. The maximum atomic E-state index is 11.7. The first kappa shape index (κ1) is 13.5. The Labute approximate surface area is 120 Å². The van der Waals surface area contributed by atoms with Gasteiger partial charge in [0.1, 0.15) is 12.1 Å². The Kier molecular flexibility index (Phi) is 4.28. The summed E-state index contributed by atoms with van der Waals surface area (Å²) in [5, 5.41) is 22.3. The van der Waals surface area contributed by atoms with Crippen molar-refractivity contribution in [3.05, 3.63) is 57.8 Å². The highest BCUT2D eigenvalue weighted by Gasteiger charge is 2.04. The average Bonchev–Trinajstić information content (AvgIpc) is 2.98. The molecule has 0 aliphatic carbocycles. The van der Waals surface area contributed by atoms with Gasteiger partial charge in [0.15, 0.2) is 0 Å². The van der Waals surface area contributed by atoms with Gasteiger partial charge in [0.05, 0.1) is 11.1 Å². The number of thiophene rings is 1. The first-order chi connectivity index (χ1) is 9.72. The van der Waals surface area contributed by atoms with E-state index in [-0.39, 0.29) is 11.5 Å². The van der Waals surface area contributed by atoms with Crippen LogP contribution in [0.2, 0.25) is 0 Å². The Morgan fingerprint density at radius 2 is 2.00 bits per heavy atom. The summed E-state index contributed by atoms with van der Waals surface area (Å²) >= 11 is 1.54. The zero-order valence-corrected chi connectivity index (χ0v) is 11.1. The van der Waals surface area contributed by atoms with Gasteiger partial charge in [0.25, 0.3) is 0 Å². The molecule has 1 amide bonds.